The van der Waals surface area contributed by atoms with Crippen molar-refractivity contribution in [1.29, 1.82) is 0 Å². The van der Waals surface area contributed by atoms with E-state index in [-0.39, 0.29) is 5.69 Å². The van der Waals surface area contributed by atoms with E-state index >= 15 is 0 Å². The summed E-state index contributed by atoms with van der Waals surface area (Å²) in [6.07, 6.45) is 1.28. The Hall–Kier alpha value is -3.55. The van der Waals surface area contributed by atoms with Crippen LogP contribution in [0.2, 0.25) is 0 Å². The van der Waals surface area contributed by atoms with E-state index in [1.54, 1.807) is 30.3 Å². The zero-order valence-corrected chi connectivity index (χ0v) is 11.8. The smallest absolute Gasteiger partial charge is 0.318 e. The fourth-order valence-electron chi connectivity index (χ4n) is 1.61. The highest BCUT2D eigenvalue weighted by molar-refractivity contribution is 6.39. The summed E-state index contributed by atoms with van der Waals surface area (Å²) in [7, 11) is 0. The molecule has 0 atom stereocenters. The summed E-state index contributed by atoms with van der Waals surface area (Å²) in [6, 6.07) is 14.1. The molecule has 2 rings (SSSR count). The zero-order valence-electron chi connectivity index (χ0n) is 11.8. The van der Waals surface area contributed by atoms with E-state index in [4.69, 9.17) is 0 Å². The first-order valence-electron chi connectivity index (χ1n) is 6.50. The molecule has 8 nitrogen and oxygen atoms in total. The van der Waals surface area contributed by atoms with E-state index < -0.39 is 16.7 Å². The third-order valence-electron chi connectivity index (χ3n) is 2.72. The van der Waals surface area contributed by atoms with Gasteiger partial charge in [0.2, 0.25) is 0 Å². The number of nitrogens with zero attached hydrogens (tertiary/aromatic N) is 2. The van der Waals surface area contributed by atoms with Gasteiger partial charge in [0.25, 0.3) is 5.69 Å². The van der Waals surface area contributed by atoms with Gasteiger partial charge in [0.05, 0.1) is 11.1 Å². The highest BCUT2D eigenvalue weighted by atomic mass is 16.6. The van der Waals surface area contributed by atoms with Crippen LogP contribution in [0.5, 0.6) is 0 Å². The average molecular weight is 312 g/mol. The number of hydrogen-bond acceptors (Lipinski definition) is 5. The highest BCUT2D eigenvalue weighted by Gasteiger charge is 2.12. The van der Waals surface area contributed by atoms with Crippen LogP contribution in [0.15, 0.2) is 59.7 Å². The maximum atomic E-state index is 11.6. The molecule has 23 heavy (non-hydrogen) atoms. The molecule has 0 aliphatic carbocycles. The molecule has 0 aliphatic heterocycles. The van der Waals surface area contributed by atoms with Gasteiger partial charge in [0, 0.05) is 17.8 Å². The molecule has 2 aromatic rings. The second-order valence-electron chi connectivity index (χ2n) is 4.37. The van der Waals surface area contributed by atoms with E-state index in [0.717, 1.165) is 0 Å². The molecule has 0 radical (unpaired) electrons. The van der Waals surface area contributed by atoms with Crippen LogP contribution in [0.1, 0.15) is 5.56 Å². The first-order valence-corrected chi connectivity index (χ1v) is 6.50. The van der Waals surface area contributed by atoms with Crippen molar-refractivity contribution in [3.8, 4) is 0 Å². The highest BCUT2D eigenvalue weighted by Crippen LogP contribution is 2.10. The number of anilines is 1. The van der Waals surface area contributed by atoms with Crippen LogP contribution < -0.4 is 10.7 Å². The molecular weight excluding hydrogens is 300 g/mol. The van der Waals surface area contributed by atoms with Gasteiger partial charge in [-0.15, -0.1) is 0 Å². The monoisotopic (exact) mass is 312 g/mol. The Morgan fingerprint density at radius 2 is 1.65 bits per heavy atom. The first-order chi connectivity index (χ1) is 11.1. The van der Waals surface area contributed by atoms with Crippen LogP contribution >= 0.6 is 0 Å². The van der Waals surface area contributed by atoms with Gasteiger partial charge in [-0.1, -0.05) is 18.2 Å². The lowest BCUT2D eigenvalue weighted by molar-refractivity contribution is -0.384. The molecular formula is C15H12N4O4. The SMILES string of the molecule is O=C(NN=Cc1ccc([N+](=O)[O-])cc1)C(=O)Nc1ccccc1. The number of rotatable bonds is 4. The summed E-state index contributed by atoms with van der Waals surface area (Å²) in [6.45, 7) is 0. The molecule has 2 aromatic carbocycles. The maximum absolute atomic E-state index is 11.6. The number of amides is 2. The lowest BCUT2D eigenvalue weighted by Crippen LogP contribution is -2.32. The minimum Gasteiger partial charge on any atom is -0.318 e. The van der Waals surface area contributed by atoms with Crippen molar-refractivity contribution < 1.29 is 14.5 Å². The van der Waals surface area contributed by atoms with Crippen LogP contribution in [-0.4, -0.2) is 23.0 Å². The molecule has 8 heteroatoms. The number of benzene rings is 2. The third-order valence-corrected chi connectivity index (χ3v) is 2.72. The lowest BCUT2D eigenvalue weighted by Gasteiger charge is -2.02. The van der Waals surface area contributed by atoms with Gasteiger partial charge < -0.3 is 5.32 Å². The van der Waals surface area contributed by atoms with Crippen LogP contribution in [0.3, 0.4) is 0 Å². The quantitative estimate of drug-likeness (QED) is 0.387. The summed E-state index contributed by atoms with van der Waals surface area (Å²) in [5.74, 6) is -1.77. The molecule has 0 heterocycles. The molecule has 2 N–H and O–H groups in total. The minimum atomic E-state index is -0.924. The summed E-state index contributed by atoms with van der Waals surface area (Å²) >= 11 is 0. The number of carbonyl (C=O) groups excluding carboxylic acids is 2. The van der Waals surface area contributed by atoms with Crippen molar-refractivity contribution >= 4 is 29.4 Å². The molecule has 0 bridgehead atoms. The van der Waals surface area contributed by atoms with Gasteiger partial charge in [-0.05, 0) is 29.8 Å². The standard InChI is InChI=1S/C15H12N4O4/c20-14(17-12-4-2-1-3-5-12)15(21)18-16-10-11-6-8-13(9-7-11)19(22)23/h1-10H,(H,17,20)(H,18,21). The summed E-state index contributed by atoms with van der Waals surface area (Å²) < 4.78 is 0. The van der Waals surface area contributed by atoms with Crippen molar-refractivity contribution in [2.75, 3.05) is 5.32 Å². The number of nitro benzene ring substituents is 1. The number of nitro groups is 1. The molecule has 0 fully saturated rings. The molecule has 0 aliphatic rings. The van der Waals surface area contributed by atoms with Gasteiger partial charge in [0.1, 0.15) is 0 Å². The number of hydrazone groups is 1. The maximum Gasteiger partial charge on any atom is 0.329 e. The summed E-state index contributed by atoms with van der Waals surface area (Å²) in [5.41, 5.74) is 3.06. The Kier molecular flexibility index (Phi) is 5.13. The molecule has 0 spiro atoms. The van der Waals surface area contributed by atoms with E-state index in [1.807, 2.05) is 0 Å². The first kappa shape index (κ1) is 15.8. The predicted molar refractivity (Wildman–Crippen MR) is 83.9 cm³/mol. The molecule has 0 aromatic heterocycles. The Bertz CT molecular complexity index is 742. The number of carbonyl (C=O) groups is 2. The molecule has 0 saturated carbocycles. The second-order valence-corrected chi connectivity index (χ2v) is 4.37. The minimum absolute atomic E-state index is 0.0478. The Labute approximate surface area is 131 Å². The Morgan fingerprint density at radius 3 is 2.26 bits per heavy atom. The zero-order chi connectivity index (χ0) is 16.7. The largest absolute Gasteiger partial charge is 0.329 e. The fourth-order valence-corrected chi connectivity index (χ4v) is 1.61. The number of non-ortho nitro benzene ring substituents is 1. The van der Waals surface area contributed by atoms with E-state index in [2.05, 4.69) is 15.8 Å². The number of para-hydroxylation sites is 1. The van der Waals surface area contributed by atoms with E-state index in [9.17, 15) is 19.7 Å². The van der Waals surface area contributed by atoms with Crippen LogP contribution in [-0.2, 0) is 9.59 Å². The summed E-state index contributed by atoms with van der Waals surface area (Å²) in [4.78, 5) is 33.2. The normalized spacial score (nSPS) is 10.3. The van der Waals surface area contributed by atoms with E-state index in [1.165, 1.54) is 30.5 Å². The topological polar surface area (TPSA) is 114 Å². The second kappa shape index (κ2) is 7.46. The van der Waals surface area contributed by atoms with Crippen molar-refractivity contribution in [2.24, 2.45) is 5.10 Å². The van der Waals surface area contributed by atoms with Crippen LogP contribution in [0.25, 0.3) is 0 Å². The molecule has 0 saturated heterocycles. The Morgan fingerprint density at radius 1 is 1.00 bits per heavy atom. The average Bonchev–Trinajstić information content (AvgIpc) is 2.56. The Balaban J connectivity index is 1.88. The van der Waals surface area contributed by atoms with Crippen molar-refractivity contribution in [1.82, 2.24) is 5.43 Å². The molecule has 2 amide bonds. The third kappa shape index (κ3) is 4.74. The van der Waals surface area contributed by atoms with E-state index in [0.29, 0.717) is 11.3 Å². The van der Waals surface area contributed by atoms with Gasteiger partial charge >= 0.3 is 11.8 Å². The predicted octanol–water partition coefficient (Wildman–Crippen LogP) is 1.68. The van der Waals surface area contributed by atoms with Gasteiger partial charge in [0.15, 0.2) is 0 Å². The lowest BCUT2D eigenvalue weighted by atomic mass is 10.2. The van der Waals surface area contributed by atoms with Crippen molar-refractivity contribution in [3.63, 3.8) is 0 Å². The fraction of sp³-hybridized carbons (Fsp3) is 0. The van der Waals surface area contributed by atoms with Crippen LogP contribution in [0.4, 0.5) is 11.4 Å². The molecule has 116 valence electrons. The molecule has 0 unspecified atom stereocenters. The van der Waals surface area contributed by atoms with Gasteiger partial charge in [-0.25, -0.2) is 5.43 Å². The van der Waals surface area contributed by atoms with Gasteiger partial charge in [-0.3, -0.25) is 19.7 Å². The summed E-state index contributed by atoms with van der Waals surface area (Å²) in [5, 5.41) is 16.5. The van der Waals surface area contributed by atoms with Crippen molar-refractivity contribution in [2.45, 2.75) is 0 Å². The number of nitrogens with one attached hydrogen (secondary N) is 2. The van der Waals surface area contributed by atoms with Gasteiger partial charge in [-0.2, -0.15) is 5.10 Å². The van der Waals surface area contributed by atoms with Crippen LogP contribution in [0, 0.1) is 10.1 Å². The number of hydrogen-bond donors (Lipinski definition) is 2. The van der Waals surface area contributed by atoms with Crippen molar-refractivity contribution in [3.05, 3.63) is 70.3 Å².